The summed E-state index contributed by atoms with van der Waals surface area (Å²) in [6.07, 6.45) is 0.0942. The Hall–Kier alpha value is -1.06. The first-order valence-electron chi connectivity index (χ1n) is 6.05. The Morgan fingerprint density at radius 2 is 2.06 bits per heavy atom. The van der Waals surface area contributed by atoms with Crippen LogP contribution in [0.3, 0.4) is 0 Å². The van der Waals surface area contributed by atoms with Crippen LogP contribution in [0.15, 0.2) is 24.3 Å². The lowest BCUT2D eigenvalue weighted by atomic mass is 9.87. The maximum absolute atomic E-state index is 9.31. The van der Waals surface area contributed by atoms with E-state index in [1.54, 1.807) is 0 Å². The maximum Gasteiger partial charge on any atom is 0.119 e. The predicted octanol–water partition coefficient (Wildman–Crippen LogP) is 2.07. The van der Waals surface area contributed by atoms with E-state index in [9.17, 15) is 5.11 Å². The number of ether oxygens (including phenoxy) is 1. The molecule has 1 unspecified atom stereocenters. The zero-order valence-corrected chi connectivity index (χ0v) is 10.9. The van der Waals surface area contributed by atoms with Gasteiger partial charge in [-0.2, -0.15) is 0 Å². The lowest BCUT2D eigenvalue weighted by Crippen LogP contribution is -2.22. The highest BCUT2D eigenvalue weighted by Gasteiger charge is 2.13. The van der Waals surface area contributed by atoms with Crippen LogP contribution < -0.4 is 10.5 Å². The van der Waals surface area contributed by atoms with Gasteiger partial charge in [-0.15, -0.1) is 0 Å². The third-order valence-corrected chi connectivity index (χ3v) is 2.69. The lowest BCUT2D eigenvalue weighted by molar-refractivity contribution is 0.146. The minimum atomic E-state index is -0.471. The summed E-state index contributed by atoms with van der Waals surface area (Å²) in [5, 5.41) is 9.31. The van der Waals surface area contributed by atoms with Crippen molar-refractivity contribution in [3.63, 3.8) is 0 Å². The number of rotatable bonds is 5. The summed E-state index contributed by atoms with van der Waals surface area (Å²) >= 11 is 0. The van der Waals surface area contributed by atoms with Crippen molar-refractivity contribution in [1.82, 2.24) is 0 Å². The van der Waals surface area contributed by atoms with Gasteiger partial charge in [-0.3, -0.25) is 0 Å². The van der Waals surface area contributed by atoms with Gasteiger partial charge in [0.05, 0.1) is 12.7 Å². The standard InChI is InChI=1S/C14H23NO2/c1-14(2,3)11-5-4-6-13(9-11)17-8-7-12(16)10-15/h4-6,9,12,16H,7-8,10,15H2,1-3H3. The molecule has 0 saturated carbocycles. The van der Waals surface area contributed by atoms with Gasteiger partial charge in [-0.25, -0.2) is 0 Å². The Kier molecular flexibility index (Phi) is 4.97. The van der Waals surface area contributed by atoms with Crippen molar-refractivity contribution in [3.8, 4) is 5.75 Å². The van der Waals surface area contributed by atoms with Gasteiger partial charge in [0.15, 0.2) is 0 Å². The van der Waals surface area contributed by atoms with Crippen molar-refractivity contribution in [2.24, 2.45) is 5.73 Å². The second kappa shape index (κ2) is 6.03. The molecule has 1 aromatic carbocycles. The average molecular weight is 237 g/mol. The summed E-state index contributed by atoms with van der Waals surface area (Å²) in [6, 6.07) is 8.08. The molecule has 0 radical (unpaired) electrons. The normalized spacial score (nSPS) is 13.5. The van der Waals surface area contributed by atoms with Crippen LogP contribution in [-0.2, 0) is 5.41 Å². The zero-order valence-electron chi connectivity index (χ0n) is 10.9. The number of hydrogen-bond acceptors (Lipinski definition) is 3. The number of aliphatic hydroxyl groups is 1. The second-order valence-corrected chi connectivity index (χ2v) is 5.30. The molecule has 3 nitrogen and oxygen atoms in total. The fraction of sp³-hybridized carbons (Fsp3) is 0.571. The van der Waals surface area contributed by atoms with Crippen molar-refractivity contribution >= 4 is 0 Å². The molecule has 0 aliphatic heterocycles. The van der Waals surface area contributed by atoms with Crippen LogP contribution in [0.4, 0.5) is 0 Å². The van der Waals surface area contributed by atoms with E-state index in [0.29, 0.717) is 13.0 Å². The molecule has 0 saturated heterocycles. The molecular weight excluding hydrogens is 214 g/mol. The van der Waals surface area contributed by atoms with Crippen LogP contribution in [0.2, 0.25) is 0 Å². The number of aliphatic hydroxyl groups excluding tert-OH is 1. The summed E-state index contributed by atoms with van der Waals surface area (Å²) in [5.41, 5.74) is 6.69. The molecule has 0 amide bonds. The Morgan fingerprint density at radius 1 is 1.35 bits per heavy atom. The monoisotopic (exact) mass is 237 g/mol. The fourth-order valence-electron chi connectivity index (χ4n) is 1.48. The minimum absolute atomic E-state index is 0.121. The predicted molar refractivity (Wildman–Crippen MR) is 70.3 cm³/mol. The van der Waals surface area contributed by atoms with Gasteiger partial charge >= 0.3 is 0 Å². The molecule has 1 aromatic rings. The van der Waals surface area contributed by atoms with Crippen LogP contribution in [0.1, 0.15) is 32.8 Å². The molecule has 0 fully saturated rings. The minimum Gasteiger partial charge on any atom is -0.493 e. The highest BCUT2D eigenvalue weighted by molar-refractivity contribution is 5.32. The summed E-state index contributed by atoms with van der Waals surface area (Å²) in [4.78, 5) is 0. The van der Waals surface area contributed by atoms with E-state index < -0.39 is 6.10 Å². The fourth-order valence-corrected chi connectivity index (χ4v) is 1.48. The van der Waals surface area contributed by atoms with E-state index in [0.717, 1.165) is 5.75 Å². The quantitative estimate of drug-likeness (QED) is 0.824. The molecule has 96 valence electrons. The molecule has 0 spiro atoms. The van der Waals surface area contributed by atoms with Crippen LogP contribution in [0, 0.1) is 0 Å². The summed E-state index contributed by atoms with van der Waals surface area (Å²) in [7, 11) is 0. The van der Waals surface area contributed by atoms with Crippen molar-refractivity contribution in [3.05, 3.63) is 29.8 Å². The Bertz CT molecular complexity index is 344. The topological polar surface area (TPSA) is 55.5 Å². The molecule has 0 heterocycles. The van der Waals surface area contributed by atoms with E-state index in [2.05, 4.69) is 32.9 Å². The summed E-state index contributed by atoms with van der Waals surface area (Å²) < 4.78 is 5.60. The lowest BCUT2D eigenvalue weighted by Gasteiger charge is -2.20. The Labute approximate surface area is 104 Å². The van der Waals surface area contributed by atoms with Crippen molar-refractivity contribution in [1.29, 1.82) is 0 Å². The number of benzene rings is 1. The molecule has 0 aromatic heterocycles. The molecule has 17 heavy (non-hydrogen) atoms. The number of hydrogen-bond donors (Lipinski definition) is 2. The molecule has 0 bridgehead atoms. The van der Waals surface area contributed by atoms with Crippen LogP contribution in [0.25, 0.3) is 0 Å². The largest absolute Gasteiger partial charge is 0.493 e. The van der Waals surface area contributed by atoms with Gasteiger partial charge in [0, 0.05) is 13.0 Å². The van der Waals surface area contributed by atoms with E-state index in [4.69, 9.17) is 10.5 Å². The second-order valence-electron chi connectivity index (χ2n) is 5.30. The van der Waals surface area contributed by atoms with Gasteiger partial charge in [-0.05, 0) is 23.1 Å². The third-order valence-electron chi connectivity index (χ3n) is 2.69. The molecule has 0 aliphatic carbocycles. The van der Waals surface area contributed by atoms with Crippen LogP contribution >= 0.6 is 0 Å². The number of nitrogens with two attached hydrogens (primary N) is 1. The van der Waals surface area contributed by atoms with Crippen LogP contribution in [0.5, 0.6) is 5.75 Å². The third kappa shape index (κ3) is 4.75. The van der Waals surface area contributed by atoms with E-state index >= 15 is 0 Å². The van der Waals surface area contributed by atoms with Gasteiger partial charge in [0.1, 0.15) is 5.75 Å². The first-order valence-corrected chi connectivity index (χ1v) is 6.05. The first-order chi connectivity index (χ1) is 7.93. The molecule has 3 heteroatoms. The van der Waals surface area contributed by atoms with Crippen LogP contribution in [-0.4, -0.2) is 24.4 Å². The molecular formula is C14H23NO2. The molecule has 0 aliphatic rings. The Balaban J connectivity index is 2.55. The van der Waals surface area contributed by atoms with E-state index in [1.807, 2.05) is 12.1 Å². The summed E-state index contributed by atoms with van der Waals surface area (Å²) in [5.74, 6) is 0.849. The smallest absolute Gasteiger partial charge is 0.119 e. The van der Waals surface area contributed by atoms with Gasteiger partial charge in [0.25, 0.3) is 0 Å². The molecule has 1 rings (SSSR count). The molecule has 1 atom stereocenters. The zero-order chi connectivity index (χ0) is 12.9. The van der Waals surface area contributed by atoms with Gasteiger partial charge in [0.2, 0.25) is 0 Å². The Morgan fingerprint density at radius 3 is 2.65 bits per heavy atom. The van der Waals surface area contributed by atoms with E-state index in [1.165, 1.54) is 5.56 Å². The summed E-state index contributed by atoms with van der Waals surface area (Å²) in [6.45, 7) is 7.29. The van der Waals surface area contributed by atoms with Crippen molar-refractivity contribution in [2.45, 2.75) is 38.7 Å². The molecule has 3 N–H and O–H groups in total. The van der Waals surface area contributed by atoms with Gasteiger partial charge < -0.3 is 15.6 Å². The average Bonchev–Trinajstić information content (AvgIpc) is 2.28. The highest BCUT2D eigenvalue weighted by Crippen LogP contribution is 2.25. The maximum atomic E-state index is 9.31. The highest BCUT2D eigenvalue weighted by atomic mass is 16.5. The van der Waals surface area contributed by atoms with Gasteiger partial charge in [-0.1, -0.05) is 32.9 Å². The SMILES string of the molecule is CC(C)(C)c1cccc(OCCC(O)CN)c1. The van der Waals surface area contributed by atoms with E-state index in [-0.39, 0.29) is 12.0 Å². The first kappa shape index (κ1) is 14.0. The van der Waals surface area contributed by atoms with Crippen molar-refractivity contribution in [2.75, 3.05) is 13.2 Å². The van der Waals surface area contributed by atoms with Crippen molar-refractivity contribution < 1.29 is 9.84 Å².